The third-order valence-electron chi connectivity index (χ3n) is 3.92. The van der Waals surface area contributed by atoms with Gasteiger partial charge in [0.25, 0.3) is 0 Å². The molecule has 0 unspecified atom stereocenters. The minimum atomic E-state index is -0.843. The van der Waals surface area contributed by atoms with E-state index in [0.717, 1.165) is 22.5 Å². The summed E-state index contributed by atoms with van der Waals surface area (Å²) >= 11 is 1.44. The second kappa shape index (κ2) is 6.57. The van der Waals surface area contributed by atoms with Crippen LogP contribution in [0.2, 0.25) is 0 Å². The number of imidazole rings is 1. The van der Waals surface area contributed by atoms with Crippen molar-refractivity contribution in [2.75, 3.05) is 0 Å². The van der Waals surface area contributed by atoms with Gasteiger partial charge in [-0.05, 0) is 5.56 Å². The van der Waals surface area contributed by atoms with Crippen molar-refractivity contribution in [2.45, 2.75) is 16.8 Å². The number of carbonyl (C=O) groups is 1. The van der Waals surface area contributed by atoms with Gasteiger partial charge in [0.2, 0.25) is 0 Å². The van der Waals surface area contributed by atoms with Crippen molar-refractivity contribution in [1.29, 1.82) is 0 Å². The minimum Gasteiger partial charge on any atom is -0.481 e. The molecule has 1 aliphatic heterocycles. The van der Waals surface area contributed by atoms with Crippen molar-refractivity contribution in [2.24, 2.45) is 5.10 Å². The van der Waals surface area contributed by atoms with Crippen LogP contribution in [0, 0.1) is 0 Å². The summed E-state index contributed by atoms with van der Waals surface area (Å²) in [5.74, 6) is -0.843. The van der Waals surface area contributed by atoms with Gasteiger partial charge in [0.15, 0.2) is 5.16 Å². The Bertz CT molecular complexity index is 936. The average Bonchev–Trinajstić information content (AvgIpc) is 3.05. The van der Waals surface area contributed by atoms with Crippen molar-refractivity contribution in [3.63, 3.8) is 0 Å². The summed E-state index contributed by atoms with van der Waals surface area (Å²) in [6.45, 7) is 0. The van der Waals surface area contributed by atoms with E-state index in [0.29, 0.717) is 5.16 Å². The first-order valence-corrected chi connectivity index (χ1v) is 8.76. The molecule has 5 nitrogen and oxygen atoms in total. The van der Waals surface area contributed by atoms with Gasteiger partial charge in [-0.2, -0.15) is 5.10 Å². The number of carboxylic acid groups (broad SMARTS) is 1. The SMILES string of the molecule is O=C(O)C[C@H]1Sc2nc(-c3ccccc3)cn2N=C1c1ccccc1. The zero-order chi connectivity index (χ0) is 17.2. The third-order valence-corrected chi connectivity index (χ3v) is 5.09. The summed E-state index contributed by atoms with van der Waals surface area (Å²) in [5, 5.41) is 14.4. The van der Waals surface area contributed by atoms with Gasteiger partial charge in [-0.3, -0.25) is 4.79 Å². The van der Waals surface area contributed by atoms with E-state index in [1.54, 1.807) is 4.68 Å². The highest BCUT2D eigenvalue weighted by atomic mass is 32.2. The maximum atomic E-state index is 11.3. The van der Waals surface area contributed by atoms with E-state index in [1.807, 2.05) is 66.9 Å². The first-order chi connectivity index (χ1) is 12.2. The molecule has 6 heteroatoms. The zero-order valence-corrected chi connectivity index (χ0v) is 14.1. The Hall–Kier alpha value is -2.86. The van der Waals surface area contributed by atoms with Crippen molar-refractivity contribution in [1.82, 2.24) is 9.66 Å². The Kier molecular flexibility index (Phi) is 4.11. The number of nitrogens with zero attached hydrogens (tertiary/aromatic N) is 3. The second-order valence-electron chi connectivity index (χ2n) is 5.67. The Morgan fingerprint density at radius 2 is 1.68 bits per heavy atom. The topological polar surface area (TPSA) is 67.5 Å². The summed E-state index contributed by atoms with van der Waals surface area (Å²) in [4.78, 5) is 15.9. The number of hydrogen-bond donors (Lipinski definition) is 1. The molecular weight excluding hydrogens is 334 g/mol. The number of aliphatic carboxylic acids is 1. The molecule has 0 amide bonds. The first-order valence-electron chi connectivity index (χ1n) is 7.88. The van der Waals surface area contributed by atoms with Gasteiger partial charge in [-0.1, -0.05) is 72.4 Å². The van der Waals surface area contributed by atoms with Crippen molar-refractivity contribution >= 4 is 23.4 Å². The number of fused-ring (bicyclic) bond motifs is 1. The summed E-state index contributed by atoms with van der Waals surface area (Å²) in [7, 11) is 0. The summed E-state index contributed by atoms with van der Waals surface area (Å²) in [6, 6.07) is 19.6. The monoisotopic (exact) mass is 349 g/mol. The fourth-order valence-electron chi connectivity index (χ4n) is 2.77. The third kappa shape index (κ3) is 3.21. The number of carboxylic acids is 1. The smallest absolute Gasteiger partial charge is 0.304 e. The van der Waals surface area contributed by atoms with E-state index in [2.05, 4.69) is 10.1 Å². The van der Waals surface area contributed by atoms with Crippen LogP contribution in [-0.4, -0.2) is 31.7 Å². The van der Waals surface area contributed by atoms with Crippen molar-refractivity contribution in [3.8, 4) is 11.3 Å². The Labute approximate surface area is 149 Å². The first kappa shape index (κ1) is 15.7. The molecule has 124 valence electrons. The lowest BCUT2D eigenvalue weighted by Gasteiger charge is -2.21. The molecule has 3 aromatic rings. The number of hydrogen-bond acceptors (Lipinski definition) is 4. The Morgan fingerprint density at radius 3 is 2.32 bits per heavy atom. The molecular formula is C19H15N3O2S. The number of thioether (sulfide) groups is 1. The van der Waals surface area contributed by atoms with Gasteiger partial charge in [0.1, 0.15) is 0 Å². The van der Waals surface area contributed by atoms with E-state index >= 15 is 0 Å². The molecule has 1 N–H and O–H groups in total. The molecule has 0 radical (unpaired) electrons. The summed E-state index contributed by atoms with van der Waals surface area (Å²) in [5.41, 5.74) is 3.53. The van der Waals surface area contributed by atoms with Gasteiger partial charge < -0.3 is 5.11 Å². The molecule has 0 saturated carbocycles. The molecule has 0 aliphatic carbocycles. The van der Waals surface area contributed by atoms with Gasteiger partial charge in [-0.15, -0.1) is 0 Å². The zero-order valence-electron chi connectivity index (χ0n) is 13.2. The Morgan fingerprint density at radius 1 is 1.04 bits per heavy atom. The van der Waals surface area contributed by atoms with E-state index in [1.165, 1.54) is 11.8 Å². The van der Waals surface area contributed by atoms with Crippen LogP contribution in [0.3, 0.4) is 0 Å². The normalized spacial score (nSPS) is 16.2. The second-order valence-corrected chi connectivity index (χ2v) is 6.84. The van der Waals surface area contributed by atoms with Gasteiger partial charge in [0, 0.05) is 5.56 Å². The van der Waals surface area contributed by atoms with E-state index in [9.17, 15) is 9.90 Å². The maximum Gasteiger partial charge on any atom is 0.304 e. The molecule has 2 aromatic carbocycles. The van der Waals surface area contributed by atoms with Crippen LogP contribution < -0.4 is 0 Å². The molecule has 0 bridgehead atoms. The van der Waals surface area contributed by atoms with E-state index in [4.69, 9.17) is 0 Å². The van der Waals surface area contributed by atoms with Crippen molar-refractivity contribution in [3.05, 3.63) is 72.4 Å². The van der Waals surface area contributed by atoms with Crippen molar-refractivity contribution < 1.29 is 9.90 Å². The van der Waals surface area contributed by atoms with Crippen LogP contribution in [0.15, 0.2) is 77.1 Å². The summed E-state index contributed by atoms with van der Waals surface area (Å²) < 4.78 is 1.74. The van der Waals surface area contributed by atoms with Crippen LogP contribution in [0.1, 0.15) is 12.0 Å². The molecule has 4 rings (SSSR count). The van der Waals surface area contributed by atoms with Gasteiger partial charge in [-0.25, -0.2) is 9.66 Å². The highest BCUT2D eigenvalue weighted by molar-refractivity contribution is 8.00. The number of aromatic nitrogens is 2. The molecule has 25 heavy (non-hydrogen) atoms. The van der Waals surface area contributed by atoms with Crippen LogP contribution in [0.25, 0.3) is 11.3 Å². The van der Waals surface area contributed by atoms with Gasteiger partial charge in [0.05, 0.1) is 29.3 Å². The molecule has 0 saturated heterocycles. The summed E-state index contributed by atoms with van der Waals surface area (Å²) in [6.07, 6.45) is 1.89. The fraction of sp³-hybridized carbons (Fsp3) is 0.105. The fourth-order valence-corrected chi connectivity index (χ4v) is 3.90. The van der Waals surface area contributed by atoms with Crippen LogP contribution in [0.5, 0.6) is 0 Å². The van der Waals surface area contributed by atoms with Crippen LogP contribution in [0.4, 0.5) is 0 Å². The number of rotatable bonds is 4. The van der Waals surface area contributed by atoms with E-state index < -0.39 is 5.97 Å². The minimum absolute atomic E-state index is 0.00588. The maximum absolute atomic E-state index is 11.3. The predicted molar refractivity (Wildman–Crippen MR) is 97.9 cm³/mol. The lowest BCUT2D eigenvalue weighted by Crippen LogP contribution is -2.26. The number of benzene rings is 2. The molecule has 0 spiro atoms. The lowest BCUT2D eigenvalue weighted by atomic mass is 10.1. The quantitative estimate of drug-likeness (QED) is 0.779. The molecule has 1 atom stereocenters. The van der Waals surface area contributed by atoms with Crippen LogP contribution >= 0.6 is 11.8 Å². The molecule has 1 aromatic heterocycles. The predicted octanol–water partition coefficient (Wildman–Crippen LogP) is 3.75. The standard InChI is InChI=1S/C19H15N3O2S/c23-17(24)11-16-18(14-9-5-2-6-10-14)21-22-12-15(20-19(22)25-16)13-7-3-1-4-8-13/h1-10,12,16H,11H2,(H,23,24)/t16-/m1/s1. The highest BCUT2D eigenvalue weighted by Gasteiger charge is 2.29. The Balaban J connectivity index is 1.77. The average molecular weight is 349 g/mol. The van der Waals surface area contributed by atoms with Crippen LogP contribution in [-0.2, 0) is 4.79 Å². The lowest BCUT2D eigenvalue weighted by molar-refractivity contribution is -0.136. The molecule has 0 fully saturated rings. The molecule has 1 aliphatic rings. The molecule has 2 heterocycles. The van der Waals surface area contributed by atoms with Gasteiger partial charge >= 0.3 is 5.97 Å². The largest absolute Gasteiger partial charge is 0.481 e. The van der Waals surface area contributed by atoms with E-state index in [-0.39, 0.29) is 11.7 Å². The highest BCUT2D eigenvalue weighted by Crippen LogP contribution is 2.34.